The molecule has 5 heteroatoms. The number of benzene rings is 2. The van der Waals surface area contributed by atoms with E-state index >= 15 is 0 Å². The first-order chi connectivity index (χ1) is 14.5. The number of aromatic nitrogens is 1. The summed E-state index contributed by atoms with van der Waals surface area (Å²) in [6.07, 6.45) is 4.19. The Balaban J connectivity index is 1.67. The van der Waals surface area contributed by atoms with Crippen LogP contribution in [-0.4, -0.2) is 40.2 Å². The van der Waals surface area contributed by atoms with Gasteiger partial charge in [-0.05, 0) is 74.1 Å². The highest BCUT2D eigenvalue weighted by molar-refractivity contribution is 5.88. The number of piperidine rings is 1. The van der Waals surface area contributed by atoms with Crippen molar-refractivity contribution in [1.82, 2.24) is 9.88 Å². The second kappa shape index (κ2) is 8.62. The summed E-state index contributed by atoms with van der Waals surface area (Å²) in [7, 11) is 0. The van der Waals surface area contributed by atoms with Gasteiger partial charge >= 0.3 is 5.97 Å². The lowest BCUT2D eigenvalue weighted by Gasteiger charge is -2.40. The molecule has 2 heterocycles. The summed E-state index contributed by atoms with van der Waals surface area (Å²) in [5.74, 6) is -0.889. The minimum atomic E-state index is -0.889. The molecule has 0 bridgehead atoms. The number of aromatic carboxylic acids is 1. The van der Waals surface area contributed by atoms with Gasteiger partial charge in [-0.3, -0.25) is 4.90 Å². The SMILES string of the molecule is CCOC1CCN(Cc2c(C)cc(C)c3[nH]ccc23)[C@H](c2ccc(C(=O)O)cc2)C1. The van der Waals surface area contributed by atoms with E-state index in [0.717, 1.165) is 38.1 Å². The molecule has 0 amide bonds. The summed E-state index contributed by atoms with van der Waals surface area (Å²) in [5, 5.41) is 10.5. The van der Waals surface area contributed by atoms with Crippen LogP contribution >= 0.6 is 0 Å². The van der Waals surface area contributed by atoms with Gasteiger partial charge in [0.05, 0.1) is 11.7 Å². The van der Waals surface area contributed by atoms with Crippen molar-refractivity contribution < 1.29 is 14.6 Å². The molecule has 2 aromatic carbocycles. The van der Waals surface area contributed by atoms with Crippen molar-refractivity contribution in [2.45, 2.75) is 52.3 Å². The van der Waals surface area contributed by atoms with E-state index in [4.69, 9.17) is 4.74 Å². The molecule has 1 aliphatic heterocycles. The number of aromatic amines is 1. The number of nitrogens with zero attached hydrogens (tertiary/aromatic N) is 1. The van der Waals surface area contributed by atoms with Crippen molar-refractivity contribution in [2.24, 2.45) is 0 Å². The van der Waals surface area contributed by atoms with Crippen molar-refractivity contribution in [1.29, 1.82) is 0 Å². The van der Waals surface area contributed by atoms with Gasteiger partial charge in [-0.25, -0.2) is 4.79 Å². The molecule has 3 aromatic rings. The molecule has 0 aliphatic carbocycles. The zero-order valence-corrected chi connectivity index (χ0v) is 17.9. The molecule has 1 aliphatic rings. The second-order valence-electron chi connectivity index (χ2n) is 8.27. The van der Waals surface area contributed by atoms with Crippen molar-refractivity contribution >= 4 is 16.9 Å². The molecule has 0 radical (unpaired) electrons. The van der Waals surface area contributed by atoms with E-state index in [0.29, 0.717) is 5.56 Å². The molecule has 0 spiro atoms. The van der Waals surface area contributed by atoms with Gasteiger partial charge in [0.15, 0.2) is 0 Å². The van der Waals surface area contributed by atoms with Crippen LogP contribution in [0.3, 0.4) is 0 Å². The number of ether oxygens (including phenoxy) is 1. The number of nitrogens with one attached hydrogen (secondary N) is 1. The predicted molar refractivity (Wildman–Crippen MR) is 119 cm³/mol. The Labute approximate surface area is 177 Å². The number of hydrogen-bond donors (Lipinski definition) is 2. The molecule has 1 unspecified atom stereocenters. The molecule has 0 saturated carbocycles. The van der Waals surface area contributed by atoms with Gasteiger partial charge < -0.3 is 14.8 Å². The number of carboxylic acid groups (broad SMARTS) is 1. The standard InChI is InChI=1S/C25H30N2O3/c1-4-30-20-10-12-27(23(14-20)18-5-7-19(8-6-18)25(28)29)15-22-16(2)13-17(3)24-21(22)9-11-26-24/h5-9,11,13,20,23,26H,4,10,12,14-15H2,1-3H3,(H,28,29)/t20?,23-/m0/s1. The van der Waals surface area contributed by atoms with E-state index in [-0.39, 0.29) is 12.1 Å². The normalized spacial score (nSPS) is 20.0. The van der Waals surface area contributed by atoms with E-state index in [2.05, 4.69) is 35.9 Å². The lowest BCUT2D eigenvalue weighted by atomic mass is 9.91. The maximum absolute atomic E-state index is 11.3. The monoisotopic (exact) mass is 406 g/mol. The van der Waals surface area contributed by atoms with Gasteiger partial charge in [-0.15, -0.1) is 0 Å². The van der Waals surface area contributed by atoms with Crippen molar-refractivity contribution in [3.63, 3.8) is 0 Å². The third kappa shape index (κ3) is 4.00. The van der Waals surface area contributed by atoms with Gasteiger partial charge in [-0.2, -0.15) is 0 Å². The van der Waals surface area contributed by atoms with Gasteiger partial charge in [-0.1, -0.05) is 18.2 Å². The fraction of sp³-hybridized carbons (Fsp3) is 0.400. The topological polar surface area (TPSA) is 65.6 Å². The Morgan fingerprint density at radius 3 is 2.67 bits per heavy atom. The quantitative estimate of drug-likeness (QED) is 0.589. The third-order valence-electron chi connectivity index (χ3n) is 6.35. The van der Waals surface area contributed by atoms with Crippen LogP contribution < -0.4 is 0 Å². The maximum atomic E-state index is 11.3. The van der Waals surface area contributed by atoms with Crippen molar-refractivity contribution in [3.8, 4) is 0 Å². The number of hydrogen-bond acceptors (Lipinski definition) is 3. The van der Waals surface area contributed by atoms with E-state index in [1.165, 1.54) is 27.6 Å². The summed E-state index contributed by atoms with van der Waals surface area (Å²) in [5.41, 5.74) is 6.63. The highest BCUT2D eigenvalue weighted by atomic mass is 16.5. The molecule has 30 heavy (non-hydrogen) atoms. The van der Waals surface area contributed by atoms with E-state index < -0.39 is 5.97 Å². The third-order valence-corrected chi connectivity index (χ3v) is 6.35. The number of likely N-dealkylation sites (tertiary alicyclic amines) is 1. The van der Waals surface area contributed by atoms with E-state index in [1.54, 1.807) is 12.1 Å². The largest absolute Gasteiger partial charge is 0.478 e. The van der Waals surface area contributed by atoms with Crippen LogP contribution in [0.4, 0.5) is 0 Å². The molecular weight excluding hydrogens is 376 g/mol. The van der Waals surface area contributed by atoms with E-state index in [1.807, 2.05) is 25.3 Å². The fourth-order valence-electron chi connectivity index (χ4n) is 4.81. The minimum absolute atomic E-state index is 0.202. The highest BCUT2D eigenvalue weighted by Gasteiger charge is 2.31. The van der Waals surface area contributed by atoms with Gasteiger partial charge in [0.25, 0.3) is 0 Å². The van der Waals surface area contributed by atoms with Gasteiger partial charge in [0, 0.05) is 42.8 Å². The van der Waals surface area contributed by atoms with Crippen molar-refractivity contribution in [3.05, 3.63) is 70.4 Å². The summed E-state index contributed by atoms with van der Waals surface area (Å²) in [4.78, 5) is 17.2. The Hall–Kier alpha value is -2.63. The molecule has 2 N–H and O–H groups in total. The summed E-state index contributed by atoms with van der Waals surface area (Å²) < 4.78 is 5.97. The Kier molecular flexibility index (Phi) is 5.93. The van der Waals surface area contributed by atoms with Crippen LogP contribution in [0.5, 0.6) is 0 Å². The molecule has 5 nitrogen and oxygen atoms in total. The average molecular weight is 407 g/mol. The lowest BCUT2D eigenvalue weighted by Crippen LogP contribution is -2.39. The molecule has 2 atom stereocenters. The minimum Gasteiger partial charge on any atom is -0.478 e. The zero-order chi connectivity index (χ0) is 21.3. The van der Waals surface area contributed by atoms with Crippen LogP contribution in [-0.2, 0) is 11.3 Å². The first-order valence-electron chi connectivity index (χ1n) is 10.7. The number of fused-ring (bicyclic) bond motifs is 1. The molecule has 1 fully saturated rings. The van der Waals surface area contributed by atoms with Crippen molar-refractivity contribution in [2.75, 3.05) is 13.2 Å². The van der Waals surface area contributed by atoms with Crippen LogP contribution in [0, 0.1) is 13.8 Å². The zero-order valence-electron chi connectivity index (χ0n) is 17.9. The lowest BCUT2D eigenvalue weighted by molar-refractivity contribution is -0.0137. The highest BCUT2D eigenvalue weighted by Crippen LogP contribution is 2.36. The Bertz CT molecular complexity index is 1040. The smallest absolute Gasteiger partial charge is 0.335 e. The summed E-state index contributed by atoms with van der Waals surface area (Å²) in [6, 6.07) is 12.0. The summed E-state index contributed by atoms with van der Waals surface area (Å²) >= 11 is 0. The number of carboxylic acids is 1. The molecular formula is C25H30N2O3. The first-order valence-corrected chi connectivity index (χ1v) is 10.7. The predicted octanol–water partition coefficient (Wildman–Crippen LogP) is 5.23. The Morgan fingerprint density at radius 1 is 1.20 bits per heavy atom. The maximum Gasteiger partial charge on any atom is 0.335 e. The number of aryl methyl sites for hydroxylation is 2. The first kappa shape index (κ1) is 20.6. The molecule has 1 aromatic heterocycles. The fourth-order valence-corrected chi connectivity index (χ4v) is 4.81. The number of carbonyl (C=O) groups is 1. The molecule has 1 saturated heterocycles. The van der Waals surface area contributed by atoms with E-state index in [9.17, 15) is 9.90 Å². The molecule has 4 rings (SSSR count). The molecule has 158 valence electrons. The number of rotatable bonds is 6. The van der Waals surface area contributed by atoms with Gasteiger partial charge in [0.2, 0.25) is 0 Å². The summed E-state index contributed by atoms with van der Waals surface area (Å²) in [6.45, 7) is 8.92. The average Bonchev–Trinajstić information content (AvgIpc) is 3.22. The van der Waals surface area contributed by atoms with Crippen LogP contribution in [0.15, 0.2) is 42.6 Å². The van der Waals surface area contributed by atoms with Crippen LogP contribution in [0.1, 0.15) is 58.4 Å². The Morgan fingerprint density at radius 2 is 1.97 bits per heavy atom. The van der Waals surface area contributed by atoms with Crippen LogP contribution in [0.25, 0.3) is 10.9 Å². The number of H-pyrrole nitrogens is 1. The van der Waals surface area contributed by atoms with Gasteiger partial charge in [0.1, 0.15) is 0 Å². The second-order valence-corrected chi connectivity index (χ2v) is 8.27. The van der Waals surface area contributed by atoms with Crippen LogP contribution in [0.2, 0.25) is 0 Å².